The summed E-state index contributed by atoms with van der Waals surface area (Å²) in [6.07, 6.45) is 4.96. The number of hydrogen-bond acceptors (Lipinski definition) is 4. The van der Waals surface area contributed by atoms with Crippen molar-refractivity contribution in [2.75, 3.05) is 13.2 Å². The lowest BCUT2D eigenvalue weighted by Gasteiger charge is -1.96. The van der Waals surface area contributed by atoms with Crippen molar-refractivity contribution in [2.24, 2.45) is 4.99 Å². The molecule has 0 bridgehead atoms. The van der Waals surface area contributed by atoms with Crippen molar-refractivity contribution in [3.63, 3.8) is 0 Å². The van der Waals surface area contributed by atoms with Crippen molar-refractivity contribution in [2.45, 2.75) is 6.92 Å². The molecule has 0 aliphatic heterocycles. The summed E-state index contributed by atoms with van der Waals surface area (Å²) in [4.78, 5) is 18.7. The van der Waals surface area contributed by atoms with Gasteiger partial charge in [-0.25, -0.2) is 0 Å². The molecule has 4 heteroatoms. The minimum atomic E-state index is -0.312. The highest BCUT2D eigenvalue weighted by Gasteiger charge is 1.96. The van der Waals surface area contributed by atoms with Gasteiger partial charge >= 0.3 is 5.97 Å². The summed E-state index contributed by atoms with van der Waals surface area (Å²) in [5.41, 5.74) is 0.872. The van der Waals surface area contributed by atoms with Crippen molar-refractivity contribution in [3.8, 4) is 0 Å². The third kappa shape index (κ3) is 3.80. The summed E-state index contributed by atoms with van der Waals surface area (Å²) < 4.78 is 4.71. The van der Waals surface area contributed by atoms with Gasteiger partial charge in [0.2, 0.25) is 0 Å². The number of carbonyl (C=O) groups excluding carboxylic acids is 1. The molecular formula is C10H12N2O2. The maximum atomic E-state index is 10.9. The molecular weight excluding hydrogens is 180 g/mol. The molecule has 0 aliphatic rings. The molecule has 4 nitrogen and oxygen atoms in total. The Morgan fingerprint density at radius 3 is 3.21 bits per heavy atom. The van der Waals surface area contributed by atoms with E-state index in [1.165, 1.54) is 0 Å². The monoisotopic (exact) mass is 192 g/mol. The van der Waals surface area contributed by atoms with E-state index in [2.05, 4.69) is 9.98 Å². The SMILES string of the molecule is CCOC(=O)C/N=C\c1cccnc1. The maximum Gasteiger partial charge on any atom is 0.327 e. The van der Waals surface area contributed by atoms with Crippen molar-refractivity contribution < 1.29 is 9.53 Å². The lowest BCUT2D eigenvalue weighted by molar-refractivity contribution is -0.141. The molecule has 0 aliphatic carbocycles. The Bertz CT molecular complexity index is 309. The summed E-state index contributed by atoms with van der Waals surface area (Å²) in [7, 11) is 0. The van der Waals surface area contributed by atoms with E-state index in [1.54, 1.807) is 25.5 Å². The first-order chi connectivity index (χ1) is 6.83. The Labute approximate surface area is 82.6 Å². The summed E-state index contributed by atoms with van der Waals surface area (Å²) >= 11 is 0. The highest BCUT2D eigenvalue weighted by atomic mass is 16.5. The lowest BCUT2D eigenvalue weighted by atomic mass is 10.3. The lowest BCUT2D eigenvalue weighted by Crippen LogP contribution is -2.07. The number of aromatic nitrogens is 1. The zero-order chi connectivity index (χ0) is 10.2. The van der Waals surface area contributed by atoms with E-state index in [0.717, 1.165) is 5.56 Å². The molecule has 1 heterocycles. The van der Waals surface area contributed by atoms with Crippen LogP contribution in [0, 0.1) is 0 Å². The van der Waals surface area contributed by atoms with E-state index in [0.29, 0.717) is 6.61 Å². The first-order valence-electron chi connectivity index (χ1n) is 4.38. The quantitative estimate of drug-likeness (QED) is 0.529. The Kier molecular flexibility index (Phi) is 4.34. The van der Waals surface area contributed by atoms with E-state index in [9.17, 15) is 4.79 Å². The smallest absolute Gasteiger partial charge is 0.327 e. The number of rotatable bonds is 4. The molecule has 1 aromatic rings. The van der Waals surface area contributed by atoms with Gasteiger partial charge in [0.05, 0.1) is 6.61 Å². The molecule has 0 spiro atoms. The molecule has 0 radical (unpaired) electrons. The highest BCUT2D eigenvalue weighted by Crippen LogP contribution is 1.90. The third-order valence-electron chi connectivity index (χ3n) is 1.45. The van der Waals surface area contributed by atoms with Gasteiger partial charge in [-0.15, -0.1) is 0 Å². The fourth-order valence-corrected chi connectivity index (χ4v) is 0.885. The number of carbonyl (C=O) groups is 1. The fraction of sp³-hybridized carbons (Fsp3) is 0.300. The number of ether oxygens (including phenoxy) is 1. The van der Waals surface area contributed by atoms with Crippen LogP contribution in [0.15, 0.2) is 29.5 Å². The highest BCUT2D eigenvalue weighted by molar-refractivity contribution is 5.81. The van der Waals surface area contributed by atoms with E-state index in [-0.39, 0.29) is 12.5 Å². The standard InChI is InChI=1S/C10H12N2O2/c1-2-14-10(13)8-12-7-9-4-3-5-11-6-9/h3-7H,2,8H2,1H3/b12-7-. The third-order valence-corrected chi connectivity index (χ3v) is 1.45. The Morgan fingerprint density at radius 1 is 1.71 bits per heavy atom. The van der Waals surface area contributed by atoms with Crippen LogP contribution in [0.5, 0.6) is 0 Å². The zero-order valence-corrected chi connectivity index (χ0v) is 8.01. The molecule has 0 atom stereocenters. The first-order valence-corrected chi connectivity index (χ1v) is 4.38. The molecule has 0 saturated carbocycles. The van der Waals surface area contributed by atoms with Gasteiger partial charge in [0.25, 0.3) is 0 Å². The van der Waals surface area contributed by atoms with Crippen LogP contribution in [0.4, 0.5) is 0 Å². The molecule has 0 unspecified atom stereocenters. The van der Waals surface area contributed by atoms with Crippen molar-refractivity contribution in [1.29, 1.82) is 0 Å². The summed E-state index contributed by atoms with van der Waals surface area (Å²) in [5, 5.41) is 0. The number of hydrogen-bond donors (Lipinski definition) is 0. The topological polar surface area (TPSA) is 51.5 Å². The van der Waals surface area contributed by atoms with Crippen molar-refractivity contribution >= 4 is 12.2 Å². The fourth-order valence-electron chi connectivity index (χ4n) is 0.885. The Balaban J connectivity index is 2.38. The van der Waals surface area contributed by atoms with Gasteiger partial charge in [-0.1, -0.05) is 6.07 Å². The maximum absolute atomic E-state index is 10.9. The molecule has 0 amide bonds. The van der Waals surface area contributed by atoms with Crippen LogP contribution < -0.4 is 0 Å². The number of pyridine rings is 1. The van der Waals surface area contributed by atoms with Gasteiger partial charge in [0, 0.05) is 24.2 Å². The van der Waals surface area contributed by atoms with E-state index in [4.69, 9.17) is 4.74 Å². The Hall–Kier alpha value is -1.71. The van der Waals surface area contributed by atoms with Gasteiger partial charge in [-0.05, 0) is 13.0 Å². The summed E-state index contributed by atoms with van der Waals surface area (Å²) in [5.74, 6) is -0.312. The van der Waals surface area contributed by atoms with Crippen LogP contribution in [0.2, 0.25) is 0 Å². The van der Waals surface area contributed by atoms with E-state index >= 15 is 0 Å². The molecule has 0 fully saturated rings. The van der Waals surface area contributed by atoms with Gasteiger partial charge in [0.15, 0.2) is 0 Å². The number of esters is 1. The van der Waals surface area contributed by atoms with Crippen LogP contribution in [0.3, 0.4) is 0 Å². The molecule has 0 N–H and O–H groups in total. The minimum Gasteiger partial charge on any atom is -0.465 e. The van der Waals surface area contributed by atoms with E-state index in [1.807, 2.05) is 12.1 Å². The second-order valence-corrected chi connectivity index (χ2v) is 2.56. The molecule has 74 valence electrons. The largest absolute Gasteiger partial charge is 0.465 e. The van der Waals surface area contributed by atoms with Gasteiger partial charge in [-0.2, -0.15) is 0 Å². The molecule has 14 heavy (non-hydrogen) atoms. The predicted octanol–water partition coefficient (Wildman–Crippen LogP) is 1.06. The van der Waals surface area contributed by atoms with Crippen LogP contribution in [0.1, 0.15) is 12.5 Å². The van der Waals surface area contributed by atoms with Gasteiger partial charge < -0.3 is 4.74 Å². The van der Waals surface area contributed by atoms with Crippen LogP contribution in [-0.2, 0) is 9.53 Å². The second-order valence-electron chi connectivity index (χ2n) is 2.56. The average molecular weight is 192 g/mol. The average Bonchev–Trinajstić information content (AvgIpc) is 2.20. The van der Waals surface area contributed by atoms with Gasteiger partial charge in [-0.3, -0.25) is 14.8 Å². The van der Waals surface area contributed by atoms with Crippen molar-refractivity contribution in [1.82, 2.24) is 4.98 Å². The summed E-state index contributed by atoms with van der Waals surface area (Å²) in [6.45, 7) is 2.21. The molecule has 1 rings (SSSR count). The van der Waals surface area contributed by atoms with Crippen LogP contribution >= 0.6 is 0 Å². The number of aliphatic imine (C=N–C) groups is 1. The zero-order valence-electron chi connectivity index (χ0n) is 8.01. The summed E-state index contributed by atoms with van der Waals surface area (Å²) in [6, 6.07) is 3.67. The molecule has 0 saturated heterocycles. The number of nitrogens with zero attached hydrogens (tertiary/aromatic N) is 2. The molecule has 1 aromatic heterocycles. The van der Waals surface area contributed by atoms with Crippen LogP contribution in [-0.4, -0.2) is 30.3 Å². The normalized spacial score (nSPS) is 10.4. The predicted molar refractivity (Wildman–Crippen MR) is 53.3 cm³/mol. The van der Waals surface area contributed by atoms with E-state index < -0.39 is 0 Å². The minimum absolute atomic E-state index is 0.0583. The van der Waals surface area contributed by atoms with Gasteiger partial charge in [0.1, 0.15) is 6.54 Å². The second kappa shape index (κ2) is 5.85. The van der Waals surface area contributed by atoms with Crippen LogP contribution in [0.25, 0.3) is 0 Å². The Morgan fingerprint density at radius 2 is 2.57 bits per heavy atom. The molecule has 0 aromatic carbocycles. The van der Waals surface area contributed by atoms with Crippen molar-refractivity contribution in [3.05, 3.63) is 30.1 Å². The first kappa shape index (κ1) is 10.4.